The summed E-state index contributed by atoms with van der Waals surface area (Å²) in [6, 6.07) is 13.0. The molecule has 1 aromatic heterocycles. The molecule has 2 aromatic carbocycles. The summed E-state index contributed by atoms with van der Waals surface area (Å²) in [7, 11) is -3.48. The van der Waals surface area contributed by atoms with E-state index < -0.39 is 28.3 Å². The van der Waals surface area contributed by atoms with Gasteiger partial charge in [-0.1, -0.05) is 29.4 Å². The number of nitrogens with one attached hydrogen (secondary N) is 1. The van der Waals surface area contributed by atoms with Crippen molar-refractivity contribution < 1.29 is 27.2 Å². The quantitative estimate of drug-likeness (QED) is 0.607. The van der Waals surface area contributed by atoms with Gasteiger partial charge in [-0.3, -0.25) is 10.1 Å². The first-order valence-corrected chi connectivity index (χ1v) is 10.3. The third-order valence-corrected chi connectivity index (χ3v) is 4.99. The van der Waals surface area contributed by atoms with Crippen molar-refractivity contribution in [1.82, 2.24) is 10.2 Å². The smallest absolute Gasteiger partial charge is 0.338 e. The fourth-order valence-corrected chi connectivity index (χ4v) is 3.03. The lowest BCUT2D eigenvalue weighted by Gasteiger charge is -2.08. The highest BCUT2D eigenvalue weighted by atomic mass is 32.2. The van der Waals surface area contributed by atoms with Gasteiger partial charge in [0.15, 0.2) is 16.4 Å². The number of benzene rings is 2. The van der Waals surface area contributed by atoms with E-state index in [1.807, 2.05) is 6.07 Å². The molecule has 0 aliphatic carbocycles. The van der Waals surface area contributed by atoms with Crippen molar-refractivity contribution in [2.75, 3.05) is 18.2 Å². The second-order valence-electron chi connectivity index (χ2n) is 6.15. The summed E-state index contributed by atoms with van der Waals surface area (Å²) in [5.41, 5.74) is 1.27. The number of esters is 1. The molecular formula is C19H17N3O6S. The minimum absolute atomic E-state index is 0.0150. The molecule has 0 saturated heterocycles. The van der Waals surface area contributed by atoms with Crippen LogP contribution >= 0.6 is 0 Å². The average molecular weight is 415 g/mol. The molecule has 0 spiro atoms. The Morgan fingerprint density at radius 3 is 2.52 bits per heavy atom. The van der Waals surface area contributed by atoms with Crippen LogP contribution in [0.5, 0.6) is 0 Å². The summed E-state index contributed by atoms with van der Waals surface area (Å²) in [5.74, 6) is -1.27. The number of rotatable bonds is 6. The Labute approximate surface area is 166 Å². The maximum atomic E-state index is 12.2. The van der Waals surface area contributed by atoms with Gasteiger partial charge in [0.2, 0.25) is 5.89 Å². The Balaban J connectivity index is 1.61. The van der Waals surface area contributed by atoms with Gasteiger partial charge in [-0.25, -0.2) is 13.2 Å². The van der Waals surface area contributed by atoms with Crippen molar-refractivity contribution in [2.24, 2.45) is 0 Å². The van der Waals surface area contributed by atoms with Crippen LogP contribution in [0.4, 0.5) is 6.01 Å². The van der Waals surface area contributed by atoms with E-state index in [1.54, 1.807) is 31.2 Å². The first-order valence-electron chi connectivity index (χ1n) is 8.40. The second-order valence-corrected chi connectivity index (χ2v) is 8.17. The molecule has 0 unspecified atom stereocenters. The summed E-state index contributed by atoms with van der Waals surface area (Å²) in [6.07, 6.45) is 1.04. The first-order chi connectivity index (χ1) is 13.7. The fraction of sp³-hybridized carbons (Fsp3) is 0.158. The first kappa shape index (κ1) is 20.2. The van der Waals surface area contributed by atoms with Crippen LogP contribution in [-0.4, -0.2) is 43.4 Å². The lowest BCUT2D eigenvalue weighted by molar-refractivity contribution is -0.119. The summed E-state index contributed by atoms with van der Waals surface area (Å²) in [5, 5.41) is 9.88. The molecule has 9 nitrogen and oxygen atoms in total. The molecule has 0 bridgehead atoms. The lowest BCUT2D eigenvalue weighted by atomic mass is 10.1. The summed E-state index contributed by atoms with van der Waals surface area (Å²) < 4.78 is 33.6. The number of aryl methyl sites for hydroxylation is 1. The zero-order valence-electron chi connectivity index (χ0n) is 15.6. The van der Waals surface area contributed by atoms with E-state index in [1.165, 1.54) is 18.2 Å². The number of carbonyl (C=O) groups is 2. The molecule has 1 heterocycles. The van der Waals surface area contributed by atoms with Crippen LogP contribution in [0.15, 0.2) is 57.8 Å². The number of sulfone groups is 1. The molecule has 29 heavy (non-hydrogen) atoms. The van der Waals surface area contributed by atoms with E-state index in [4.69, 9.17) is 9.15 Å². The lowest BCUT2D eigenvalue weighted by Crippen LogP contribution is -2.21. The van der Waals surface area contributed by atoms with Crippen molar-refractivity contribution in [3.05, 3.63) is 59.7 Å². The summed E-state index contributed by atoms with van der Waals surface area (Å²) in [6.45, 7) is 1.02. The third kappa shape index (κ3) is 5.05. The SMILES string of the molecule is Cc1ccc(S(C)(=O)=O)cc1C(=O)OCC(=O)Nc1nnc(-c2ccccc2)o1. The Bertz CT molecular complexity index is 1160. The molecule has 0 fully saturated rings. The van der Waals surface area contributed by atoms with E-state index in [0.29, 0.717) is 11.1 Å². The fourth-order valence-electron chi connectivity index (χ4n) is 2.39. The van der Waals surface area contributed by atoms with Crippen molar-refractivity contribution in [3.8, 4) is 11.5 Å². The van der Waals surface area contributed by atoms with Gasteiger partial charge in [-0.05, 0) is 36.8 Å². The van der Waals surface area contributed by atoms with Crippen LogP contribution < -0.4 is 5.32 Å². The Morgan fingerprint density at radius 1 is 1.10 bits per heavy atom. The van der Waals surface area contributed by atoms with Crippen LogP contribution in [0.25, 0.3) is 11.5 Å². The van der Waals surface area contributed by atoms with E-state index >= 15 is 0 Å². The van der Waals surface area contributed by atoms with Gasteiger partial charge < -0.3 is 9.15 Å². The van der Waals surface area contributed by atoms with E-state index in [0.717, 1.165) is 6.26 Å². The Morgan fingerprint density at radius 2 is 1.83 bits per heavy atom. The predicted octanol–water partition coefficient (Wildman–Crippen LogP) is 2.24. The zero-order chi connectivity index (χ0) is 21.0. The number of hydrogen-bond donors (Lipinski definition) is 1. The Kier molecular flexibility index (Phi) is 5.74. The zero-order valence-corrected chi connectivity index (χ0v) is 16.4. The number of carbonyl (C=O) groups excluding carboxylic acids is 2. The highest BCUT2D eigenvalue weighted by molar-refractivity contribution is 7.90. The molecule has 150 valence electrons. The molecule has 0 aliphatic heterocycles. The normalized spacial score (nSPS) is 11.1. The maximum Gasteiger partial charge on any atom is 0.338 e. The summed E-state index contributed by atoms with van der Waals surface area (Å²) >= 11 is 0. The van der Waals surface area contributed by atoms with Crippen LogP contribution in [0.3, 0.4) is 0 Å². The topological polar surface area (TPSA) is 128 Å². The van der Waals surface area contributed by atoms with Crippen LogP contribution in [0.2, 0.25) is 0 Å². The number of anilines is 1. The highest BCUT2D eigenvalue weighted by Crippen LogP contribution is 2.19. The molecule has 3 aromatic rings. The molecular weight excluding hydrogens is 398 g/mol. The van der Waals surface area contributed by atoms with Crippen LogP contribution in [0, 0.1) is 6.92 Å². The van der Waals surface area contributed by atoms with E-state index in [9.17, 15) is 18.0 Å². The van der Waals surface area contributed by atoms with Gasteiger partial charge in [0.05, 0.1) is 10.5 Å². The van der Waals surface area contributed by atoms with Gasteiger partial charge in [0.1, 0.15) is 0 Å². The molecule has 1 N–H and O–H groups in total. The standard InChI is InChI=1S/C19H17N3O6S/c1-12-8-9-14(29(2,25)26)10-15(12)18(24)27-11-16(23)20-19-22-21-17(28-19)13-6-4-3-5-7-13/h3-10H,11H2,1-2H3,(H,20,22,23). The molecule has 0 radical (unpaired) electrons. The van der Waals surface area contributed by atoms with Gasteiger partial charge in [-0.15, -0.1) is 5.10 Å². The van der Waals surface area contributed by atoms with Gasteiger partial charge in [0.25, 0.3) is 5.91 Å². The molecule has 0 saturated carbocycles. The number of hydrogen-bond acceptors (Lipinski definition) is 8. The third-order valence-electron chi connectivity index (χ3n) is 3.88. The van der Waals surface area contributed by atoms with Crippen LogP contribution in [-0.2, 0) is 19.4 Å². The largest absolute Gasteiger partial charge is 0.452 e. The molecule has 3 rings (SSSR count). The van der Waals surface area contributed by atoms with Crippen molar-refractivity contribution >= 4 is 27.7 Å². The van der Waals surface area contributed by atoms with E-state index in [2.05, 4.69) is 15.5 Å². The van der Waals surface area contributed by atoms with Crippen molar-refractivity contribution in [1.29, 1.82) is 0 Å². The molecule has 10 heteroatoms. The average Bonchev–Trinajstić information content (AvgIpc) is 3.14. The number of aromatic nitrogens is 2. The number of nitrogens with zero attached hydrogens (tertiary/aromatic N) is 2. The monoisotopic (exact) mass is 415 g/mol. The number of ether oxygens (including phenoxy) is 1. The minimum atomic E-state index is -3.48. The highest BCUT2D eigenvalue weighted by Gasteiger charge is 2.18. The number of amides is 1. The second kappa shape index (κ2) is 8.23. The predicted molar refractivity (Wildman–Crippen MR) is 103 cm³/mol. The maximum absolute atomic E-state index is 12.2. The van der Waals surface area contributed by atoms with Gasteiger partial charge >= 0.3 is 12.0 Å². The van der Waals surface area contributed by atoms with E-state index in [-0.39, 0.29) is 22.4 Å². The van der Waals surface area contributed by atoms with Crippen molar-refractivity contribution in [3.63, 3.8) is 0 Å². The molecule has 0 aliphatic rings. The van der Waals surface area contributed by atoms with Crippen molar-refractivity contribution in [2.45, 2.75) is 11.8 Å². The minimum Gasteiger partial charge on any atom is -0.452 e. The Hall–Kier alpha value is -3.53. The van der Waals surface area contributed by atoms with Gasteiger partial charge in [0, 0.05) is 11.8 Å². The molecule has 1 amide bonds. The van der Waals surface area contributed by atoms with Crippen LogP contribution in [0.1, 0.15) is 15.9 Å². The summed E-state index contributed by atoms with van der Waals surface area (Å²) in [4.78, 5) is 24.2. The molecule has 0 atom stereocenters. The van der Waals surface area contributed by atoms with Gasteiger partial charge in [-0.2, -0.15) is 0 Å².